The van der Waals surface area contributed by atoms with E-state index in [1.54, 1.807) is 0 Å². The van der Waals surface area contributed by atoms with Crippen LogP contribution in [0.5, 0.6) is 0 Å². The molecule has 2 heteroatoms. The highest BCUT2D eigenvalue weighted by molar-refractivity contribution is 8.34. The second-order valence-electron chi connectivity index (χ2n) is 14.1. The summed E-state index contributed by atoms with van der Waals surface area (Å²) in [5, 5.41) is 0. The summed E-state index contributed by atoms with van der Waals surface area (Å²) in [7, 11) is -1.79. The van der Waals surface area contributed by atoms with Crippen molar-refractivity contribution in [3.05, 3.63) is 237 Å². The number of benzene rings is 9. The highest BCUT2D eigenvalue weighted by Crippen LogP contribution is 2.81. The van der Waals surface area contributed by atoms with E-state index in [1.807, 2.05) is 0 Å². The van der Waals surface area contributed by atoms with Crippen molar-refractivity contribution >= 4 is 27.1 Å². The number of rotatable bonds is 8. The van der Waals surface area contributed by atoms with Gasteiger partial charge in [-0.1, -0.05) is 170 Å². The maximum atomic E-state index is 2.36. The Morgan fingerprint density at radius 2 is 0.607 bits per heavy atom. The van der Waals surface area contributed by atoms with Crippen LogP contribution in [0.15, 0.2) is 256 Å². The van der Waals surface area contributed by atoms with Crippen molar-refractivity contribution in [1.29, 1.82) is 0 Å². The molecule has 0 amide bonds. The summed E-state index contributed by atoms with van der Waals surface area (Å²) in [5.74, 6) is 0. The third-order valence-electron chi connectivity index (χ3n) is 10.9. The highest BCUT2D eigenvalue weighted by atomic mass is 32.3. The number of fused-ring (bicyclic) bond motifs is 3. The molecule has 0 saturated carbocycles. The average molecular weight is 734 g/mol. The predicted octanol–water partition coefficient (Wildman–Crippen LogP) is 15.5. The van der Waals surface area contributed by atoms with Gasteiger partial charge in [-0.05, 0) is 111 Å². The van der Waals surface area contributed by atoms with Gasteiger partial charge in [0.2, 0.25) is 0 Å². The molecule has 10 rings (SSSR count). The highest BCUT2D eigenvalue weighted by Gasteiger charge is 2.43. The van der Waals surface area contributed by atoms with Crippen LogP contribution in [0.3, 0.4) is 0 Å². The normalized spacial score (nSPS) is 13.0. The van der Waals surface area contributed by atoms with E-state index in [4.69, 9.17) is 0 Å². The average Bonchev–Trinajstić information content (AvgIpc) is 3.60. The van der Waals surface area contributed by atoms with E-state index in [-0.39, 0.29) is 0 Å². The summed E-state index contributed by atoms with van der Waals surface area (Å²) in [6.45, 7) is 0. The maximum Gasteiger partial charge on any atom is 0.0462 e. The van der Waals surface area contributed by atoms with Crippen molar-refractivity contribution in [2.45, 2.75) is 19.6 Å². The van der Waals surface area contributed by atoms with E-state index in [1.165, 1.54) is 64.1 Å². The van der Waals surface area contributed by atoms with Crippen LogP contribution in [-0.2, 0) is 0 Å². The molecule has 0 radical (unpaired) electrons. The van der Waals surface area contributed by atoms with Gasteiger partial charge in [-0.2, -0.15) is 0 Å². The molecule has 1 heterocycles. The van der Waals surface area contributed by atoms with Crippen molar-refractivity contribution in [2.24, 2.45) is 0 Å². The molecule has 0 aromatic heterocycles. The van der Waals surface area contributed by atoms with Gasteiger partial charge in [0.05, 0.1) is 0 Å². The minimum absolute atomic E-state index is 1.11. The molecular weight excluding hydrogens is 695 g/mol. The van der Waals surface area contributed by atoms with Crippen LogP contribution < -0.4 is 4.90 Å². The minimum atomic E-state index is -1.79. The fourth-order valence-electron chi connectivity index (χ4n) is 8.35. The Morgan fingerprint density at radius 3 is 1.09 bits per heavy atom. The Kier molecular flexibility index (Phi) is 8.67. The second kappa shape index (κ2) is 14.4. The van der Waals surface area contributed by atoms with Crippen LogP contribution >= 0.6 is 10.0 Å². The van der Waals surface area contributed by atoms with Crippen LogP contribution in [0.2, 0.25) is 0 Å². The first-order valence-electron chi connectivity index (χ1n) is 19.2. The summed E-state index contributed by atoms with van der Waals surface area (Å²) < 4.78 is 0. The summed E-state index contributed by atoms with van der Waals surface area (Å²) in [5.41, 5.74) is 13.3. The molecule has 1 aliphatic rings. The molecule has 0 aliphatic carbocycles. The third-order valence-corrected chi connectivity index (χ3v) is 15.0. The van der Waals surface area contributed by atoms with E-state index in [0.717, 1.165) is 17.1 Å². The van der Waals surface area contributed by atoms with Gasteiger partial charge in [-0.15, -0.1) is 10.0 Å². The molecule has 0 atom stereocenters. The van der Waals surface area contributed by atoms with Crippen LogP contribution in [0.4, 0.5) is 17.1 Å². The third kappa shape index (κ3) is 5.74. The van der Waals surface area contributed by atoms with Crippen LogP contribution in [0, 0.1) is 0 Å². The van der Waals surface area contributed by atoms with Crippen molar-refractivity contribution in [3.8, 4) is 44.5 Å². The zero-order chi connectivity index (χ0) is 37.3. The standard InChI is InChI=1S/C54H39NS/c1-5-16-40(17-6-1)42-28-34-45(35-29-42)55(46-36-30-43(31-37-46)41-18-7-2-8-19-41)47-38-32-44(33-39-47)50-25-15-26-52-51-24-13-14-27-53(51)56(54(50)52,48-20-9-3-10-21-48)49-22-11-4-12-23-49/h1-39H. The molecule has 0 fully saturated rings. The summed E-state index contributed by atoms with van der Waals surface area (Å²) in [6.07, 6.45) is 0. The summed E-state index contributed by atoms with van der Waals surface area (Å²) in [6, 6.07) is 86.5. The van der Waals surface area contributed by atoms with Gasteiger partial charge in [0.25, 0.3) is 0 Å². The lowest BCUT2D eigenvalue weighted by molar-refractivity contribution is 1.28. The number of anilines is 3. The second-order valence-corrected chi connectivity index (χ2v) is 17.1. The van der Waals surface area contributed by atoms with Gasteiger partial charge in [0, 0.05) is 36.6 Å². The van der Waals surface area contributed by atoms with E-state index in [0.29, 0.717) is 0 Å². The molecule has 56 heavy (non-hydrogen) atoms. The van der Waals surface area contributed by atoms with Gasteiger partial charge in [-0.3, -0.25) is 0 Å². The Morgan fingerprint density at radius 1 is 0.250 bits per heavy atom. The first kappa shape index (κ1) is 33.7. The summed E-state index contributed by atoms with van der Waals surface area (Å²) >= 11 is 0. The molecule has 1 nitrogen and oxygen atoms in total. The van der Waals surface area contributed by atoms with Gasteiger partial charge in [0.1, 0.15) is 0 Å². The molecule has 0 bridgehead atoms. The quantitative estimate of drug-likeness (QED) is 0.150. The first-order chi connectivity index (χ1) is 27.8. The lowest BCUT2D eigenvalue weighted by Crippen LogP contribution is -2.10. The maximum absolute atomic E-state index is 2.36. The van der Waals surface area contributed by atoms with Gasteiger partial charge >= 0.3 is 0 Å². The monoisotopic (exact) mass is 733 g/mol. The fourth-order valence-corrected chi connectivity index (χ4v) is 12.8. The largest absolute Gasteiger partial charge is 0.311 e. The minimum Gasteiger partial charge on any atom is -0.311 e. The molecule has 9 aromatic rings. The Balaban J connectivity index is 1.11. The topological polar surface area (TPSA) is 3.24 Å². The van der Waals surface area contributed by atoms with Crippen molar-refractivity contribution in [1.82, 2.24) is 0 Å². The van der Waals surface area contributed by atoms with Crippen LogP contribution in [0.1, 0.15) is 0 Å². The zero-order valence-electron chi connectivity index (χ0n) is 30.9. The molecule has 266 valence electrons. The predicted molar refractivity (Wildman–Crippen MR) is 236 cm³/mol. The van der Waals surface area contributed by atoms with Crippen LogP contribution in [0.25, 0.3) is 44.5 Å². The molecule has 9 aromatic carbocycles. The van der Waals surface area contributed by atoms with Crippen molar-refractivity contribution in [2.75, 3.05) is 4.90 Å². The zero-order valence-corrected chi connectivity index (χ0v) is 31.7. The molecule has 0 saturated heterocycles. The Bertz CT molecular complexity index is 2620. The van der Waals surface area contributed by atoms with E-state index in [2.05, 4.69) is 241 Å². The first-order valence-corrected chi connectivity index (χ1v) is 20.8. The molecule has 1 aliphatic heterocycles. The lowest BCUT2D eigenvalue weighted by Gasteiger charge is -2.40. The fraction of sp³-hybridized carbons (Fsp3) is 0. The van der Waals surface area contributed by atoms with Gasteiger partial charge in [-0.25, -0.2) is 0 Å². The van der Waals surface area contributed by atoms with Gasteiger partial charge < -0.3 is 4.90 Å². The lowest BCUT2D eigenvalue weighted by atomic mass is 9.98. The van der Waals surface area contributed by atoms with Crippen molar-refractivity contribution < 1.29 is 0 Å². The number of hydrogen-bond donors (Lipinski definition) is 0. The van der Waals surface area contributed by atoms with Crippen LogP contribution in [-0.4, -0.2) is 0 Å². The van der Waals surface area contributed by atoms with E-state index >= 15 is 0 Å². The Labute approximate surface area is 331 Å². The number of hydrogen-bond acceptors (Lipinski definition) is 1. The smallest absolute Gasteiger partial charge is 0.0462 e. The molecule has 0 spiro atoms. The molecular formula is C54H39NS. The molecule has 0 N–H and O–H groups in total. The summed E-state index contributed by atoms with van der Waals surface area (Å²) in [4.78, 5) is 7.88. The SMILES string of the molecule is c1ccc(-c2ccc(N(c3ccc(-c4ccccc4)cc3)c3ccc(-c4cccc5c4S(c4ccccc4)(c4ccccc4)c4ccccc4-5)cc3)cc2)cc1. The number of nitrogens with zero attached hydrogens (tertiary/aromatic N) is 1. The van der Waals surface area contributed by atoms with E-state index in [9.17, 15) is 0 Å². The van der Waals surface area contributed by atoms with Crippen molar-refractivity contribution in [3.63, 3.8) is 0 Å². The van der Waals surface area contributed by atoms with E-state index < -0.39 is 10.0 Å². The molecule has 0 unspecified atom stereocenters. The van der Waals surface area contributed by atoms with Gasteiger partial charge in [0.15, 0.2) is 0 Å². The Hall–Kier alpha value is -6.87.